The predicted molar refractivity (Wildman–Crippen MR) is 55.7 cm³/mol. The predicted octanol–water partition coefficient (Wildman–Crippen LogP) is 2.30. The third-order valence-electron chi connectivity index (χ3n) is 1.73. The molecule has 1 heterocycles. The summed E-state index contributed by atoms with van der Waals surface area (Å²) in [5.41, 5.74) is 2.77. The average Bonchev–Trinajstić information content (AvgIpc) is 2.55. The Kier molecular flexibility index (Phi) is 5.26. The molecule has 1 aromatic rings. The second-order valence-electron chi connectivity index (χ2n) is 2.33. The molecule has 0 atom stereocenters. The van der Waals surface area contributed by atoms with E-state index in [1.54, 1.807) is 0 Å². The molecule has 2 heteroatoms. The highest BCUT2D eigenvalue weighted by molar-refractivity contribution is 5.75. The summed E-state index contributed by atoms with van der Waals surface area (Å²) in [5, 5.41) is 3.30. The Labute approximate surface area is 76.8 Å². The number of hydrogen-bond acceptors (Lipinski definition) is 1. The van der Waals surface area contributed by atoms with Crippen molar-refractivity contribution in [3.05, 3.63) is 29.8 Å². The highest BCUT2D eigenvalue weighted by Crippen LogP contribution is 2.19. The molecule has 1 aromatic carbocycles. The number of fused-ring (bicyclic) bond motifs is 1. The molecule has 12 heavy (non-hydrogen) atoms. The van der Waals surface area contributed by atoms with Crippen LogP contribution in [-0.4, -0.2) is 15.0 Å². The van der Waals surface area contributed by atoms with Gasteiger partial charge in [-0.1, -0.05) is 32.0 Å². The zero-order chi connectivity index (χ0) is 8.10. The third-order valence-corrected chi connectivity index (χ3v) is 1.73. The molecule has 1 aliphatic rings. The van der Waals surface area contributed by atoms with Crippen LogP contribution in [0.1, 0.15) is 19.4 Å². The van der Waals surface area contributed by atoms with Gasteiger partial charge in [0.25, 0.3) is 0 Å². The lowest BCUT2D eigenvalue weighted by Crippen LogP contribution is -1.90. The molecule has 2 rings (SSSR count). The van der Waals surface area contributed by atoms with Crippen LogP contribution in [0.5, 0.6) is 0 Å². The molecule has 1 N–H and O–H groups in total. The summed E-state index contributed by atoms with van der Waals surface area (Å²) in [6.45, 7) is 5.11. The normalized spacial score (nSPS) is 11.5. The van der Waals surface area contributed by atoms with Crippen molar-refractivity contribution in [3.8, 4) is 0 Å². The highest BCUT2D eigenvalue weighted by Gasteiger charge is 2.05. The minimum atomic E-state index is 0. The first kappa shape index (κ1) is 11.1. The number of hydrogen-bond donors (Lipinski definition) is 1. The molecule has 0 bridgehead atoms. The molecule has 0 saturated carbocycles. The van der Waals surface area contributed by atoms with E-state index in [0.717, 1.165) is 6.54 Å². The van der Waals surface area contributed by atoms with Crippen molar-refractivity contribution in [3.63, 3.8) is 0 Å². The molecule has 0 amide bonds. The van der Waals surface area contributed by atoms with Gasteiger partial charge in [0.2, 0.25) is 0 Å². The standard InChI is InChI=1S/C8H9N.C2H6.B/c1-2-4-8-7(3-1)5-6-9-8;1-2;/h1-4,9H,5-6H2;1-2H3;. The van der Waals surface area contributed by atoms with Gasteiger partial charge in [0, 0.05) is 20.6 Å². The summed E-state index contributed by atoms with van der Waals surface area (Å²) in [6, 6.07) is 8.46. The van der Waals surface area contributed by atoms with Gasteiger partial charge in [-0.2, -0.15) is 0 Å². The van der Waals surface area contributed by atoms with Gasteiger partial charge in [-0.25, -0.2) is 0 Å². The van der Waals surface area contributed by atoms with Crippen LogP contribution in [0.4, 0.5) is 5.69 Å². The van der Waals surface area contributed by atoms with Crippen molar-refractivity contribution in [2.75, 3.05) is 11.9 Å². The fourth-order valence-electron chi connectivity index (χ4n) is 1.24. The topological polar surface area (TPSA) is 12.0 Å². The van der Waals surface area contributed by atoms with Crippen LogP contribution in [0.2, 0.25) is 0 Å². The quantitative estimate of drug-likeness (QED) is 0.574. The first-order chi connectivity index (χ1) is 5.47. The van der Waals surface area contributed by atoms with E-state index in [4.69, 9.17) is 0 Å². The van der Waals surface area contributed by atoms with E-state index < -0.39 is 0 Å². The van der Waals surface area contributed by atoms with Gasteiger partial charge in [0.1, 0.15) is 0 Å². The van der Waals surface area contributed by atoms with E-state index in [1.165, 1.54) is 17.7 Å². The molecular weight excluding hydrogens is 145 g/mol. The van der Waals surface area contributed by atoms with Crippen LogP contribution in [0, 0.1) is 0 Å². The lowest BCUT2D eigenvalue weighted by Gasteiger charge is -1.94. The van der Waals surface area contributed by atoms with Crippen molar-refractivity contribution in [1.29, 1.82) is 0 Å². The van der Waals surface area contributed by atoms with Crippen molar-refractivity contribution < 1.29 is 0 Å². The molecule has 0 fully saturated rings. The zero-order valence-corrected chi connectivity index (χ0v) is 7.80. The second-order valence-corrected chi connectivity index (χ2v) is 2.33. The minimum Gasteiger partial charge on any atom is -0.384 e. The Balaban J connectivity index is 0.000000378. The number of para-hydroxylation sites is 1. The summed E-state index contributed by atoms with van der Waals surface area (Å²) in [5.74, 6) is 0. The average molecular weight is 160 g/mol. The van der Waals surface area contributed by atoms with Crippen LogP contribution in [0.3, 0.4) is 0 Å². The fourth-order valence-corrected chi connectivity index (χ4v) is 1.24. The number of nitrogens with one attached hydrogen (secondary N) is 1. The largest absolute Gasteiger partial charge is 0.384 e. The molecular formula is C10H15BN. The maximum absolute atomic E-state index is 3.30. The highest BCUT2D eigenvalue weighted by atomic mass is 14.9. The van der Waals surface area contributed by atoms with Crippen LogP contribution in [-0.2, 0) is 6.42 Å². The molecule has 1 aliphatic heterocycles. The zero-order valence-electron chi connectivity index (χ0n) is 7.80. The van der Waals surface area contributed by atoms with E-state index >= 15 is 0 Å². The summed E-state index contributed by atoms with van der Waals surface area (Å²) < 4.78 is 0. The van der Waals surface area contributed by atoms with Crippen LogP contribution < -0.4 is 5.32 Å². The van der Waals surface area contributed by atoms with E-state index in [9.17, 15) is 0 Å². The van der Waals surface area contributed by atoms with Gasteiger partial charge in [0.05, 0.1) is 0 Å². The molecule has 1 nitrogen and oxygen atoms in total. The maximum Gasteiger partial charge on any atom is 0.0373 e. The molecule has 63 valence electrons. The van der Waals surface area contributed by atoms with E-state index in [2.05, 4.69) is 29.6 Å². The van der Waals surface area contributed by atoms with Crippen molar-refractivity contribution in [2.24, 2.45) is 0 Å². The molecule has 0 saturated heterocycles. The minimum absolute atomic E-state index is 0. The van der Waals surface area contributed by atoms with Gasteiger partial charge in [-0.15, -0.1) is 0 Å². The lowest BCUT2D eigenvalue weighted by molar-refractivity contribution is 1.11. The Morgan fingerprint density at radius 2 is 1.83 bits per heavy atom. The van der Waals surface area contributed by atoms with E-state index in [0.29, 0.717) is 0 Å². The lowest BCUT2D eigenvalue weighted by atomic mass is 10.2. The van der Waals surface area contributed by atoms with E-state index in [1.807, 2.05) is 13.8 Å². The summed E-state index contributed by atoms with van der Waals surface area (Å²) >= 11 is 0. The molecule has 3 radical (unpaired) electrons. The Hall–Kier alpha value is -0.915. The first-order valence-electron chi connectivity index (χ1n) is 4.28. The van der Waals surface area contributed by atoms with Crippen molar-refractivity contribution in [2.45, 2.75) is 20.3 Å². The number of rotatable bonds is 0. The van der Waals surface area contributed by atoms with Gasteiger partial charge >= 0.3 is 0 Å². The molecule has 0 aromatic heterocycles. The molecule has 0 unspecified atom stereocenters. The van der Waals surface area contributed by atoms with E-state index in [-0.39, 0.29) is 8.41 Å². The fraction of sp³-hybridized carbons (Fsp3) is 0.400. The monoisotopic (exact) mass is 160 g/mol. The maximum atomic E-state index is 3.30. The van der Waals surface area contributed by atoms with Crippen LogP contribution >= 0.6 is 0 Å². The number of anilines is 1. The van der Waals surface area contributed by atoms with Gasteiger partial charge in [-0.05, 0) is 18.1 Å². The summed E-state index contributed by atoms with van der Waals surface area (Å²) in [7, 11) is 0. The summed E-state index contributed by atoms with van der Waals surface area (Å²) in [6.07, 6.45) is 1.19. The number of benzene rings is 1. The Bertz CT molecular complexity index is 200. The molecule has 0 spiro atoms. The van der Waals surface area contributed by atoms with Gasteiger partial charge < -0.3 is 5.32 Å². The summed E-state index contributed by atoms with van der Waals surface area (Å²) in [4.78, 5) is 0. The SMILES string of the molecule is CC.[B].c1ccc2c(c1)CCN2. The van der Waals surface area contributed by atoms with Crippen molar-refractivity contribution in [1.82, 2.24) is 0 Å². The smallest absolute Gasteiger partial charge is 0.0373 e. The van der Waals surface area contributed by atoms with Crippen LogP contribution in [0.25, 0.3) is 0 Å². The Morgan fingerprint density at radius 1 is 1.17 bits per heavy atom. The first-order valence-corrected chi connectivity index (χ1v) is 4.28. The van der Waals surface area contributed by atoms with Gasteiger partial charge in [0.15, 0.2) is 0 Å². The van der Waals surface area contributed by atoms with Gasteiger partial charge in [-0.3, -0.25) is 0 Å². The second kappa shape index (κ2) is 5.70. The molecule has 0 aliphatic carbocycles. The van der Waals surface area contributed by atoms with Crippen molar-refractivity contribution >= 4 is 14.1 Å². The third kappa shape index (κ3) is 2.30. The Morgan fingerprint density at radius 3 is 2.50 bits per heavy atom. The van der Waals surface area contributed by atoms with Crippen LogP contribution in [0.15, 0.2) is 24.3 Å².